The van der Waals surface area contributed by atoms with Gasteiger partial charge in [-0.25, -0.2) is 15.0 Å². The van der Waals surface area contributed by atoms with E-state index in [2.05, 4.69) is 15.0 Å². The molecule has 1 N–H and O–H groups in total. The van der Waals surface area contributed by atoms with Gasteiger partial charge in [-0.1, -0.05) is 0 Å². The first-order chi connectivity index (χ1) is 8.31. The molecule has 2 heterocycles. The lowest BCUT2D eigenvalue weighted by Gasteiger charge is -2.01. The van der Waals surface area contributed by atoms with Crippen molar-refractivity contribution < 1.29 is 9.84 Å². The van der Waals surface area contributed by atoms with E-state index in [9.17, 15) is 0 Å². The molecule has 0 fully saturated rings. The number of aromatic nitrogens is 4. The molecule has 2 rings (SSSR count). The first-order valence-electron chi connectivity index (χ1n) is 4.71. The summed E-state index contributed by atoms with van der Waals surface area (Å²) in [5, 5.41) is 17.8. The predicted octanol–water partition coefficient (Wildman–Crippen LogP) is 0.853. The highest BCUT2D eigenvalue weighted by molar-refractivity contribution is 5.89. The molecule has 2 aromatic heterocycles. The minimum Gasteiger partial charge on any atom is -0.514 e. The van der Waals surface area contributed by atoms with E-state index in [1.54, 1.807) is 18.0 Å². The molecule has 0 amide bonds. The third-order valence-corrected chi connectivity index (χ3v) is 2.17. The minimum absolute atomic E-state index is 0.0417. The molecular weight excluding hydrogens is 222 g/mol. The molecule has 0 bridgehead atoms. The van der Waals surface area contributed by atoms with Crippen LogP contribution in [0.2, 0.25) is 0 Å². The molecule has 0 aliphatic heterocycles. The van der Waals surface area contributed by atoms with Gasteiger partial charge in [-0.15, -0.1) is 0 Å². The number of aliphatic hydroxyl groups is 1. The summed E-state index contributed by atoms with van der Waals surface area (Å²) in [5.41, 5.74) is 1.34. The topological polar surface area (TPSA) is 96.9 Å². The van der Waals surface area contributed by atoms with Crippen LogP contribution in [0.3, 0.4) is 0 Å². The van der Waals surface area contributed by atoms with Crippen LogP contribution < -0.4 is 0 Å². The van der Waals surface area contributed by atoms with E-state index in [1.807, 2.05) is 6.07 Å². The number of ether oxygens (including phenoxy) is 1. The van der Waals surface area contributed by atoms with E-state index in [-0.39, 0.29) is 5.57 Å². The monoisotopic (exact) mass is 231 g/mol. The van der Waals surface area contributed by atoms with Crippen molar-refractivity contribution in [2.45, 2.75) is 6.73 Å². The Morgan fingerprint density at radius 2 is 2.41 bits per heavy atom. The molecule has 86 valence electrons. The Balaban J connectivity index is 2.64. The van der Waals surface area contributed by atoms with Crippen molar-refractivity contribution in [1.82, 2.24) is 19.5 Å². The molecule has 17 heavy (non-hydrogen) atoms. The van der Waals surface area contributed by atoms with Gasteiger partial charge >= 0.3 is 0 Å². The zero-order chi connectivity index (χ0) is 12.3. The largest absolute Gasteiger partial charge is 0.514 e. The van der Waals surface area contributed by atoms with Gasteiger partial charge in [0.25, 0.3) is 0 Å². The predicted molar refractivity (Wildman–Crippen MR) is 58.6 cm³/mol. The van der Waals surface area contributed by atoms with E-state index >= 15 is 0 Å². The molecule has 0 aliphatic carbocycles. The number of nitrogens with zero attached hydrogens (tertiary/aromatic N) is 5. The standard InChI is InChI=1S/C10H9N5O2/c1-17-6-15-5-14-9-8(7(2-11)3-16)12-4-13-10(9)15/h3-5,16H,6H2,1H3/b7-3+. The number of allylic oxidation sites excluding steroid dienone is 1. The fourth-order valence-electron chi connectivity index (χ4n) is 1.45. The number of nitriles is 1. The van der Waals surface area contributed by atoms with E-state index in [0.717, 1.165) is 0 Å². The Labute approximate surface area is 96.6 Å². The zero-order valence-corrected chi connectivity index (χ0v) is 9.03. The highest BCUT2D eigenvalue weighted by Gasteiger charge is 2.13. The fraction of sp³-hybridized carbons (Fsp3) is 0.200. The van der Waals surface area contributed by atoms with Crippen LogP contribution in [0.5, 0.6) is 0 Å². The summed E-state index contributed by atoms with van der Waals surface area (Å²) in [5.74, 6) is 0. The summed E-state index contributed by atoms with van der Waals surface area (Å²) in [7, 11) is 1.56. The van der Waals surface area contributed by atoms with Gasteiger partial charge in [0.2, 0.25) is 0 Å². The Hall–Kier alpha value is -2.46. The quantitative estimate of drug-likeness (QED) is 0.621. The van der Waals surface area contributed by atoms with Crippen LogP contribution in [0.4, 0.5) is 0 Å². The summed E-state index contributed by atoms with van der Waals surface area (Å²) >= 11 is 0. The highest BCUT2D eigenvalue weighted by Crippen LogP contribution is 2.19. The van der Waals surface area contributed by atoms with Gasteiger partial charge < -0.3 is 9.84 Å². The van der Waals surface area contributed by atoms with Gasteiger partial charge in [-0.05, 0) is 0 Å². The van der Waals surface area contributed by atoms with Gasteiger partial charge in [0.1, 0.15) is 35.9 Å². The van der Waals surface area contributed by atoms with Gasteiger partial charge in [-0.2, -0.15) is 5.26 Å². The Bertz CT molecular complexity index is 611. The third-order valence-electron chi connectivity index (χ3n) is 2.17. The molecule has 0 atom stereocenters. The highest BCUT2D eigenvalue weighted by atomic mass is 16.5. The van der Waals surface area contributed by atoms with Crippen molar-refractivity contribution in [3.8, 4) is 6.07 Å². The van der Waals surface area contributed by atoms with E-state index in [1.165, 1.54) is 6.33 Å². The molecule has 0 aromatic carbocycles. The van der Waals surface area contributed by atoms with Crippen LogP contribution in [0.1, 0.15) is 5.69 Å². The minimum atomic E-state index is 0.0417. The summed E-state index contributed by atoms with van der Waals surface area (Å²) in [6, 6.07) is 1.84. The number of rotatable bonds is 3. The summed E-state index contributed by atoms with van der Waals surface area (Å²) in [4.78, 5) is 12.1. The van der Waals surface area contributed by atoms with Crippen molar-refractivity contribution >= 4 is 16.7 Å². The van der Waals surface area contributed by atoms with Gasteiger partial charge in [0.15, 0.2) is 5.65 Å². The van der Waals surface area contributed by atoms with E-state index < -0.39 is 0 Å². The second-order valence-electron chi connectivity index (χ2n) is 3.18. The average molecular weight is 231 g/mol. The molecule has 0 spiro atoms. The smallest absolute Gasteiger partial charge is 0.165 e. The molecule has 0 radical (unpaired) electrons. The number of imidazole rings is 1. The number of methoxy groups -OCH3 is 1. The van der Waals surface area contributed by atoms with Gasteiger partial charge in [0.05, 0.1) is 12.6 Å². The second kappa shape index (κ2) is 4.59. The molecule has 7 nitrogen and oxygen atoms in total. The molecule has 0 saturated carbocycles. The lowest BCUT2D eigenvalue weighted by Crippen LogP contribution is -2.00. The first kappa shape index (κ1) is 11.0. The lowest BCUT2D eigenvalue weighted by atomic mass is 10.2. The normalized spacial score (nSPS) is 11.6. The van der Waals surface area contributed by atoms with Crippen molar-refractivity contribution in [2.24, 2.45) is 0 Å². The molecule has 7 heteroatoms. The molecular formula is C10H9N5O2. The van der Waals surface area contributed by atoms with Crippen molar-refractivity contribution in [3.05, 3.63) is 24.6 Å². The van der Waals surface area contributed by atoms with Crippen molar-refractivity contribution in [1.29, 1.82) is 5.26 Å². The molecule has 0 saturated heterocycles. The van der Waals surface area contributed by atoms with Gasteiger partial charge in [0, 0.05) is 7.11 Å². The van der Waals surface area contributed by atoms with Crippen LogP contribution in [-0.4, -0.2) is 31.7 Å². The third kappa shape index (κ3) is 1.81. The average Bonchev–Trinajstić information content (AvgIpc) is 2.76. The maximum Gasteiger partial charge on any atom is 0.165 e. The van der Waals surface area contributed by atoms with Crippen LogP contribution in [0, 0.1) is 11.3 Å². The van der Waals surface area contributed by atoms with E-state index in [0.29, 0.717) is 29.9 Å². The lowest BCUT2D eigenvalue weighted by molar-refractivity contribution is 0.134. The SMILES string of the molecule is COCn1cnc2c(/C(C#N)=C/O)ncnc21. The van der Waals surface area contributed by atoms with Crippen LogP contribution in [-0.2, 0) is 11.5 Å². The summed E-state index contributed by atoms with van der Waals surface area (Å²) in [6.07, 6.45) is 3.56. The van der Waals surface area contributed by atoms with Crippen molar-refractivity contribution in [3.63, 3.8) is 0 Å². The Morgan fingerprint density at radius 1 is 1.59 bits per heavy atom. The number of hydrogen-bond donors (Lipinski definition) is 1. The fourth-order valence-corrected chi connectivity index (χ4v) is 1.45. The van der Waals surface area contributed by atoms with E-state index in [4.69, 9.17) is 15.1 Å². The Kier molecular flexibility index (Phi) is 2.98. The second-order valence-corrected chi connectivity index (χ2v) is 3.18. The number of aliphatic hydroxyl groups excluding tert-OH is 1. The van der Waals surface area contributed by atoms with Crippen LogP contribution in [0.15, 0.2) is 18.9 Å². The maximum absolute atomic E-state index is 8.94. The van der Waals surface area contributed by atoms with Gasteiger partial charge in [-0.3, -0.25) is 4.57 Å². The molecule has 0 aliphatic rings. The number of hydrogen-bond acceptors (Lipinski definition) is 6. The zero-order valence-electron chi connectivity index (χ0n) is 9.03. The number of fused-ring (bicyclic) bond motifs is 1. The van der Waals surface area contributed by atoms with Crippen LogP contribution in [0.25, 0.3) is 16.7 Å². The first-order valence-corrected chi connectivity index (χ1v) is 4.71. The Morgan fingerprint density at radius 3 is 3.06 bits per heavy atom. The van der Waals surface area contributed by atoms with Crippen LogP contribution >= 0.6 is 0 Å². The summed E-state index contributed by atoms with van der Waals surface area (Å²) < 4.78 is 6.65. The van der Waals surface area contributed by atoms with Crippen molar-refractivity contribution in [2.75, 3.05) is 7.11 Å². The molecule has 2 aromatic rings. The molecule has 0 unspecified atom stereocenters. The maximum atomic E-state index is 8.94. The summed E-state index contributed by atoms with van der Waals surface area (Å²) in [6.45, 7) is 0.303.